The summed E-state index contributed by atoms with van der Waals surface area (Å²) in [6.07, 6.45) is 0. The van der Waals surface area contributed by atoms with Gasteiger partial charge in [-0.25, -0.2) is 4.98 Å². The third-order valence-corrected chi connectivity index (χ3v) is 2.30. The Labute approximate surface area is 91.7 Å². The van der Waals surface area contributed by atoms with Crippen LogP contribution in [0.4, 0.5) is 5.82 Å². The predicted octanol–water partition coefficient (Wildman–Crippen LogP) is 2.47. The number of rotatable bonds is 1. The Morgan fingerprint density at radius 1 is 0.938 bits per heavy atom. The van der Waals surface area contributed by atoms with Gasteiger partial charge in [-0.05, 0) is 24.3 Å². The number of aromatic nitrogens is 2. The molecular formula is C12H9N3O. The van der Waals surface area contributed by atoms with Crippen molar-refractivity contribution < 1.29 is 4.42 Å². The second-order valence-corrected chi connectivity index (χ2v) is 3.44. The highest BCUT2D eigenvalue weighted by atomic mass is 16.3. The fourth-order valence-electron chi connectivity index (χ4n) is 1.54. The molecule has 0 radical (unpaired) electrons. The summed E-state index contributed by atoms with van der Waals surface area (Å²) in [5.74, 6) is 1.01. The Hall–Kier alpha value is -2.36. The number of nitrogen functional groups attached to an aromatic ring is 1. The maximum absolute atomic E-state index is 5.58. The van der Waals surface area contributed by atoms with Crippen LogP contribution in [0.5, 0.6) is 0 Å². The first-order valence-corrected chi connectivity index (χ1v) is 4.91. The SMILES string of the molecule is Nc1ccc2oc(-c3ccccc3)nc2n1. The van der Waals surface area contributed by atoms with Crippen molar-refractivity contribution in [2.45, 2.75) is 0 Å². The lowest BCUT2D eigenvalue weighted by molar-refractivity contribution is 0.619. The van der Waals surface area contributed by atoms with Gasteiger partial charge in [0.05, 0.1) is 0 Å². The van der Waals surface area contributed by atoms with Crippen LogP contribution in [0.25, 0.3) is 22.7 Å². The molecule has 0 bridgehead atoms. The fraction of sp³-hybridized carbons (Fsp3) is 0. The van der Waals surface area contributed by atoms with E-state index in [1.165, 1.54) is 0 Å². The van der Waals surface area contributed by atoms with Crippen LogP contribution in [0.1, 0.15) is 0 Å². The average molecular weight is 211 g/mol. The number of nitrogens with zero attached hydrogens (tertiary/aromatic N) is 2. The maximum atomic E-state index is 5.58. The van der Waals surface area contributed by atoms with Gasteiger partial charge in [0.15, 0.2) is 5.58 Å². The molecule has 0 atom stereocenters. The van der Waals surface area contributed by atoms with Crippen LogP contribution in [0.15, 0.2) is 46.9 Å². The van der Waals surface area contributed by atoms with Crippen molar-refractivity contribution in [3.05, 3.63) is 42.5 Å². The summed E-state index contributed by atoms with van der Waals surface area (Å²) in [6.45, 7) is 0. The summed E-state index contributed by atoms with van der Waals surface area (Å²) in [5.41, 5.74) is 7.70. The Balaban J connectivity index is 2.19. The van der Waals surface area contributed by atoms with E-state index in [-0.39, 0.29) is 0 Å². The van der Waals surface area contributed by atoms with Crippen LogP contribution in [-0.4, -0.2) is 9.97 Å². The van der Waals surface area contributed by atoms with Gasteiger partial charge in [0, 0.05) is 5.56 Å². The molecule has 2 N–H and O–H groups in total. The van der Waals surface area contributed by atoms with Crippen molar-refractivity contribution in [3.63, 3.8) is 0 Å². The van der Waals surface area contributed by atoms with Crippen LogP contribution in [0.2, 0.25) is 0 Å². The summed E-state index contributed by atoms with van der Waals surface area (Å²) in [4.78, 5) is 8.38. The first kappa shape index (κ1) is 8.91. The molecule has 3 aromatic rings. The zero-order valence-corrected chi connectivity index (χ0v) is 8.42. The van der Waals surface area contributed by atoms with Gasteiger partial charge >= 0.3 is 0 Å². The van der Waals surface area contributed by atoms with E-state index < -0.39 is 0 Å². The van der Waals surface area contributed by atoms with Crippen LogP contribution in [-0.2, 0) is 0 Å². The zero-order valence-electron chi connectivity index (χ0n) is 8.42. The lowest BCUT2D eigenvalue weighted by Crippen LogP contribution is -1.88. The molecule has 0 unspecified atom stereocenters. The first-order valence-electron chi connectivity index (χ1n) is 4.91. The third kappa shape index (κ3) is 1.40. The van der Waals surface area contributed by atoms with E-state index in [0.717, 1.165) is 5.56 Å². The van der Waals surface area contributed by atoms with Gasteiger partial charge < -0.3 is 10.2 Å². The molecule has 2 aromatic heterocycles. The summed E-state index contributed by atoms with van der Waals surface area (Å²) in [6, 6.07) is 13.2. The van der Waals surface area contributed by atoms with E-state index in [1.807, 2.05) is 30.3 Å². The molecule has 0 aliphatic rings. The molecule has 1 aromatic carbocycles. The number of oxazole rings is 1. The Kier molecular flexibility index (Phi) is 1.86. The van der Waals surface area contributed by atoms with Crippen molar-refractivity contribution in [1.29, 1.82) is 0 Å². The number of pyridine rings is 1. The number of anilines is 1. The minimum absolute atomic E-state index is 0.445. The lowest BCUT2D eigenvalue weighted by Gasteiger charge is -1.91. The van der Waals surface area contributed by atoms with Crippen molar-refractivity contribution in [3.8, 4) is 11.5 Å². The molecule has 16 heavy (non-hydrogen) atoms. The highest BCUT2D eigenvalue weighted by Gasteiger charge is 2.08. The Bertz CT molecular complexity index is 631. The van der Waals surface area contributed by atoms with Gasteiger partial charge in [0.2, 0.25) is 11.5 Å². The highest BCUT2D eigenvalue weighted by molar-refractivity contribution is 5.73. The Morgan fingerprint density at radius 2 is 1.75 bits per heavy atom. The zero-order chi connectivity index (χ0) is 11.0. The molecule has 0 fully saturated rings. The van der Waals surface area contributed by atoms with Gasteiger partial charge in [-0.1, -0.05) is 18.2 Å². The molecule has 4 heteroatoms. The molecular weight excluding hydrogens is 202 g/mol. The monoisotopic (exact) mass is 211 g/mol. The smallest absolute Gasteiger partial charge is 0.228 e. The van der Waals surface area contributed by atoms with E-state index in [2.05, 4.69) is 9.97 Å². The quantitative estimate of drug-likeness (QED) is 0.671. The van der Waals surface area contributed by atoms with Crippen LogP contribution >= 0.6 is 0 Å². The minimum atomic E-state index is 0.445. The predicted molar refractivity (Wildman–Crippen MR) is 61.7 cm³/mol. The van der Waals surface area contributed by atoms with Crippen molar-refractivity contribution in [2.75, 3.05) is 5.73 Å². The van der Waals surface area contributed by atoms with E-state index in [9.17, 15) is 0 Å². The molecule has 0 amide bonds. The van der Waals surface area contributed by atoms with Crippen molar-refractivity contribution in [2.24, 2.45) is 0 Å². The van der Waals surface area contributed by atoms with E-state index in [1.54, 1.807) is 12.1 Å². The van der Waals surface area contributed by atoms with Crippen LogP contribution < -0.4 is 5.73 Å². The first-order chi connectivity index (χ1) is 7.83. The number of hydrogen-bond acceptors (Lipinski definition) is 4. The van der Waals surface area contributed by atoms with Gasteiger partial charge in [0.1, 0.15) is 5.82 Å². The number of nitrogens with two attached hydrogens (primary N) is 1. The van der Waals surface area contributed by atoms with Gasteiger partial charge in [-0.2, -0.15) is 4.98 Å². The van der Waals surface area contributed by atoms with Crippen LogP contribution in [0.3, 0.4) is 0 Å². The second kappa shape index (κ2) is 3.34. The largest absolute Gasteiger partial charge is 0.434 e. The maximum Gasteiger partial charge on any atom is 0.228 e. The van der Waals surface area contributed by atoms with E-state index in [4.69, 9.17) is 10.2 Å². The normalized spacial score (nSPS) is 10.8. The van der Waals surface area contributed by atoms with Crippen LogP contribution in [0, 0.1) is 0 Å². The summed E-state index contributed by atoms with van der Waals surface area (Å²) in [5, 5.41) is 0. The highest BCUT2D eigenvalue weighted by Crippen LogP contribution is 2.23. The van der Waals surface area contributed by atoms with Gasteiger partial charge in [0.25, 0.3) is 0 Å². The standard InChI is InChI=1S/C12H9N3O/c13-10-7-6-9-11(14-10)15-12(16-9)8-4-2-1-3-5-8/h1-7H,(H2,13,14). The van der Waals surface area contributed by atoms with E-state index in [0.29, 0.717) is 22.9 Å². The second-order valence-electron chi connectivity index (χ2n) is 3.44. The Morgan fingerprint density at radius 3 is 2.56 bits per heavy atom. The minimum Gasteiger partial charge on any atom is -0.434 e. The number of hydrogen-bond donors (Lipinski definition) is 1. The summed E-state index contributed by atoms with van der Waals surface area (Å²) in [7, 11) is 0. The summed E-state index contributed by atoms with van der Waals surface area (Å²) >= 11 is 0. The number of fused-ring (bicyclic) bond motifs is 1. The summed E-state index contributed by atoms with van der Waals surface area (Å²) < 4.78 is 5.58. The fourth-order valence-corrected chi connectivity index (χ4v) is 1.54. The molecule has 3 rings (SSSR count). The molecule has 2 heterocycles. The molecule has 4 nitrogen and oxygen atoms in total. The third-order valence-electron chi connectivity index (χ3n) is 2.30. The topological polar surface area (TPSA) is 64.9 Å². The van der Waals surface area contributed by atoms with E-state index >= 15 is 0 Å². The number of benzene rings is 1. The van der Waals surface area contributed by atoms with Gasteiger partial charge in [-0.3, -0.25) is 0 Å². The molecule has 78 valence electrons. The average Bonchev–Trinajstić information content (AvgIpc) is 2.73. The van der Waals surface area contributed by atoms with Gasteiger partial charge in [-0.15, -0.1) is 0 Å². The molecule has 0 aliphatic heterocycles. The molecule has 0 aliphatic carbocycles. The molecule has 0 saturated heterocycles. The molecule has 0 spiro atoms. The van der Waals surface area contributed by atoms with Crippen molar-refractivity contribution in [1.82, 2.24) is 9.97 Å². The lowest BCUT2D eigenvalue weighted by atomic mass is 10.2. The van der Waals surface area contributed by atoms with Crippen molar-refractivity contribution >= 4 is 17.0 Å². The molecule has 0 saturated carbocycles.